The molecule has 1 fully saturated rings. The summed E-state index contributed by atoms with van der Waals surface area (Å²) in [5.74, 6) is 0.350. The van der Waals surface area contributed by atoms with E-state index in [0.29, 0.717) is 24.9 Å². The Balaban J connectivity index is 1.96. The van der Waals surface area contributed by atoms with Crippen LogP contribution in [0.25, 0.3) is 0 Å². The molecule has 2 unspecified atom stereocenters. The van der Waals surface area contributed by atoms with Crippen LogP contribution in [0.15, 0.2) is 18.2 Å². The molecule has 0 bridgehead atoms. The molecule has 0 spiro atoms. The molecule has 5 nitrogen and oxygen atoms in total. The van der Waals surface area contributed by atoms with Gasteiger partial charge in [-0.1, -0.05) is 6.42 Å². The van der Waals surface area contributed by atoms with E-state index in [4.69, 9.17) is 5.73 Å². The first kappa shape index (κ1) is 13.7. The quantitative estimate of drug-likeness (QED) is 0.614. The summed E-state index contributed by atoms with van der Waals surface area (Å²) in [6.45, 7) is 1.22. The summed E-state index contributed by atoms with van der Waals surface area (Å²) in [6.07, 6.45) is 3.35. The number of benzene rings is 1. The molecule has 0 saturated heterocycles. The second-order valence-corrected chi connectivity index (χ2v) is 5.10. The van der Waals surface area contributed by atoms with E-state index in [1.54, 1.807) is 0 Å². The summed E-state index contributed by atoms with van der Waals surface area (Å²) in [6, 6.07) is 3.91. The van der Waals surface area contributed by atoms with Crippen molar-refractivity contribution in [1.29, 1.82) is 0 Å². The summed E-state index contributed by atoms with van der Waals surface area (Å²) in [5.41, 5.74) is 5.80. The number of amides is 1. The average Bonchev–Trinajstić information content (AvgIpc) is 2.86. The van der Waals surface area contributed by atoms with Crippen molar-refractivity contribution in [3.63, 3.8) is 0 Å². The molecule has 1 saturated carbocycles. The van der Waals surface area contributed by atoms with Crippen LogP contribution in [0.2, 0.25) is 0 Å². The van der Waals surface area contributed by atoms with E-state index in [9.17, 15) is 15.0 Å². The van der Waals surface area contributed by atoms with Crippen LogP contribution in [0, 0.1) is 11.8 Å². The molecule has 2 rings (SSSR count). The van der Waals surface area contributed by atoms with Gasteiger partial charge in [-0.05, 0) is 49.4 Å². The van der Waals surface area contributed by atoms with Gasteiger partial charge < -0.3 is 21.3 Å². The summed E-state index contributed by atoms with van der Waals surface area (Å²) < 4.78 is 0. The van der Waals surface area contributed by atoms with E-state index in [2.05, 4.69) is 5.32 Å². The Morgan fingerprint density at radius 3 is 2.79 bits per heavy atom. The fourth-order valence-electron chi connectivity index (χ4n) is 2.72. The standard InChI is InChI=1S/C14H20N2O3/c15-7-9-2-1-3-10(9)8-16-14(19)12-6-11(17)4-5-13(12)18/h4-6,9-10,17-18H,1-3,7-8,15H2,(H,16,19). The lowest BCUT2D eigenvalue weighted by atomic mass is 9.96. The Morgan fingerprint density at radius 1 is 1.32 bits per heavy atom. The monoisotopic (exact) mass is 264 g/mol. The highest BCUT2D eigenvalue weighted by Crippen LogP contribution is 2.30. The Hall–Kier alpha value is -1.75. The third-order valence-corrected chi connectivity index (χ3v) is 3.87. The lowest BCUT2D eigenvalue weighted by Gasteiger charge is -2.18. The number of hydrogen-bond acceptors (Lipinski definition) is 4. The number of carbonyl (C=O) groups is 1. The third-order valence-electron chi connectivity index (χ3n) is 3.87. The molecule has 104 valence electrons. The molecule has 1 aromatic carbocycles. The van der Waals surface area contributed by atoms with Gasteiger partial charge in [-0.15, -0.1) is 0 Å². The normalized spacial score (nSPS) is 22.4. The van der Waals surface area contributed by atoms with Crippen LogP contribution in [0.5, 0.6) is 11.5 Å². The highest BCUT2D eigenvalue weighted by Gasteiger charge is 2.26. The highest BCUT2D eigenvalue weighted by molar-refractivity contribution is 5.97. The van der Waals surface area contributed by atoms with Gasteiger partial charge in [-0.25, -0.2) is 0 Å². The van der Waals surface area contributed by atoms with E-state index in [1.807, 2.05) is 0 Å². The van der Waals surface area contributed by atoms with Gasteiger partial charge in [0.2, 0.25) is 0 Å². The Kier molecular flexibility index (Phi) is 4.27. The number of phenolic OH excluding ortho intramolecular Hbond substituents is 2. The maximum Gasteiger partial charge on any atom is 0.255 e. The summed E-state index contributed by atoms with van der Waals surface area (Å²) in [7, 11) is 0. The van der Waals surface area contributed by atoms with Crippen molar-refractivity contribution in [2.24, 2.45) is 17.6 Å². The molecular formula is C14H20N2O3. The van der Waals surface area contributed by atoms with Crippen molar-refractivity contribution in [2.75, 3.05) is 13.1 Å². The lowest BCUT2D eigenvalue weighted by Crippen LogP contribution is -2.32. The van der Waals surface area contributed by atoms with Crippen LogP contribution in [0.4, 0.5) is 0 Å². The average molecular weight is 264 g/mol. The molecule has 0 aromatic heterocycles. The van der Waals surface area contributed by atoms with Gasteiger partial charge in [0.05, 0.1) is 5.56 Å². The maximum atomic E-state index is 12.0. The van der Waals surface area contributed by atoms with Gasteiger partial charge in [0, 0.05) is 6.54 Å². The molecule has 1 amide bonds. The minimum absolute atomic E-state index is 0.0383. The van der Waals surface area contributed by atoms with Gasteiger partial charge in [0.15, 0.2) is 0 Å². The molecule has 2 atom stereocenters. The minimum Gasteiger partial charge on any atom is -0.508 e. The van der Waals surface area contributed by atoms with Crippen molar-refractivity contribution in [3.8, 4) is 11.5 Å². The van der Waals surface area contributed by atoms with Gasteiger partial charge in [0.1, 0.15) is 11.5 Å². The fourth-order valence-corrected chi connectivity index (χ4v) is 2.72. The first-order chi connectivity index (χ1) is 9.11. The second kappa shape index (κ2) is 5.93. The lowest BCUT2D eigenvalue weighted by molar-refractivity contribution is 0.0941. The first-order valence-electron chi connectivity index (χ1n) is 6.62. The van der Waals surface area contributed by atoms with Gasteiger partial charge >= 0.3 is 0 Å². The van der Waals surface area contributed by atoms with E-state index in [1.165, 1.54) is 18.2 Å². The van der Waals surface area contributed by atoms with Crippen LogP contribution >= 0.6 is 0 Å². The molecule has 1 aliphatic carbocycles. The Morgan fingerprint density at radius 2 is 2.05 bits per heavy atom. The number of carbonyl (C=O) groups excluding carboxylic acids is 1. The molecule has 0 radical (unpaired) electrons. The van der Waals surface area contributed by atoms with Gasteiger partial charge in [-0.2, -0.15) is 0 Å². The van der Waals surface area contributed by atoms with E-state index in [0.717, 1.165) is 19.3 Å². The molecule has 19 heavy (non-hydrogen) atoms. The van der Waals surface area contributed by atoms with Crippen molar-refractivity contribution < 1.29 is 15.0 Å². The molecule has 5 N–H and O–H groups in total. The van der Waals surface area contributed by atoms with Crippen LogP contribution in [0.1, 0.15) is 29.6 Å². The molecule has 1 aromatic rings. The third kappa shape index (κ3) is 3.17. The number of phenols is 2. The van der Waals surface area contributed by atoms with Gasteiger partial charge in [-0.3, -0.25) is 4.79 Å². The predicted molar refractivity (Wildman–Crippen MR) is 72.0 cm³/mol. The highest BCUT2D eigenvalue weighted by atomic mass is 16.3. The zero-order valence-electron chi connectivity index (χ0n) is 10.8. The first-order valence-corrected chi connectivity index (χ1v) is 6.62. The van der Waals surface area contributed by atoms with Crippen LogP contribution in [-0.4, -0.2) is 29.2 Å². The van der Waals surface area contributed by atoms with Crippen LogP contribution < -0.4 is 11.1 Å². The number of nitrogens with one attached hydrogen (secondary N) is 1. The molecule has 0 heterocycles. The zero-order chi connectivity index (χ0) is 13.8. The molecular weight excluding hydrogens is 244 g/mol. The summed E-state index contributed by atoms with van der Waals surface area (Å²) in [4.78, 5) is 12.0. The van der Waals surface area contributed by atoms with Crippen LogP contribution in [-0.2, 0) is 0 Å². The van der Waals surface area contributed by atoms with E-state index in [-0.39, 0.29) is 23.0 Å². The summed E-state index contributed by atoms with van der Waals surface area (Å²) in [5, 5.41) is 21.7. The van der Waals surface area contributed by atoms with E-state index < -0.39 is 0 Å². The minimum atomic E-state index is -0.365. The number of aromatic hydroxyl groups is 2. The maximum absolute atomic E-state index is 12.0. The smallest absolute Gasteiger partial charge is 0.255 e. The SMILES string of the molecule is NCC1CCCC1CNC(=O)c1cc(O)ccc1O. The molecule has 1 aliphatic rings. The number of nitrogens with two attached hydrogens (primary N) is 1. The summed E-state index contributed by atoms with van der Waals surface area (Å²) >= 11 is 0. The Labute approximate surface area is 112 Å². The largest absolute Gasteiger partial charge is 0.508 e. The number of hydrogen-bond donors (Lipinski definition) is 4. The van der Waals surface area contributed by atoms with Crippen molar-refractivity contribution in [3.05, 3.63) is 23.8 Å². The fraction of sp³-hybridized carbons (Fsp3) is 0.500. The predicted octanol–water partition coefficient (Wildman–Crippen LogP) is 1.20. The van der Waals surface area contributed by atoms with Crippen molar-refractivity contribution in [1.82, 2.24) is 5.32 Å². The van der Waals surface area contributed by atoms with Crippen molar-refractivity contribution >= 4 is 5.91 Å². The van der Waals surface area contributed by atoms with Crippen LogP contribution in [0.3, 0.4) is 0 Å². The van der Waals surface area contributed by atoms with Gasteiger partial charge in [0.25, 0.3) is 5.91 Å². The molecule has 5 heteroatoms. The van der Waals surface area contributed by atoms with Crippen molar-refractivity contribution in [2.45, 2.75) is 19.3 Å². The second-order valence-electron chi connectivity index (χ2n) is 5.10. The zero-order valence-corrected chi connectivity index (χ0v) is 10.8. The Bertz CT molecular complexity index is 462. The van der Waals surface area contributed by atoms with E-state index >= 15 is 0 Å². The number of rotatable bonds is 4. The topological polar surface area (TPSA) is 95.6 Å². The molecule has 0 aliphatic heterocycles.